The summed E-state index contributed by atoms with van der Waals surface area (Å²) in [6.45, 7) is 0. The molecule has 1 heterocycles. The molecule has 11 heteroatoms. The third kappa shape index (κ3) is 5.01. The highest BCUT2D eigenvalue weighted by Gasteiger charge is 2.27. The maximum Gasteiger partial charge on any atom is 0.282 e. The van der Waals surface area contributed by atoms with Gasteiger partial charge in [-0.05, 0) is 29.8 Å². The summed E-state index contributed by atoms with van der Waals surface area (Å²) in [5, 5.41) is 4.05. The van der Waals surface area contributed by atoms with Gasteiger partial charge in [0.05, 0.1) is 16.3 Å². The molecule has 0 radical (unpaired) electrons. The molecule has 0 aliphatic rings. The van der Waals surface area contributed by atoms with E-state index in [-0.39, 0.29) is 38.5 Å². The number of hydrogen-bond acceptors (Lipinski definition) is 3. The van der Waals surface area contributed by atoms with Gasteiger partial charge in [-0.15, -0.1) is 0 Å². The van der Waals surface area contributed by atoms with Gasteiger partial charge in [0.15, 0.2) is 9.84 Å². The average Bonchev–Trinajstić information content (AvgIpc) is 3.24. The van der Waals surface area contributed by atoms with Crippen LogP contribution < -0.4 is 0 Å². The minimum atomic E-state index is -3.54. The minimum Gasteiger partial charge on any atom is -0.232 e. The van der Waals surface area contributed by atoms with Crippen molar-refractivity contribution in [1.82, 2.24) is 9.78 Å². The van der Waals surface area contributed by atoms with Crippen LogP contribution in [0, 0.1) is 0 Å². The summed E-state index contributed by atoms with van der Waals surface area (Å²) in [5.41, 5.74) is -0.511. The van der Waals surface area contributed by atoms with Crippen molar-refractivity contribution in [2.24, 2.45) is 0 Å². The van der Waals surface area contributed by atoms with Gasteiger partial charge in [0.1, 0.15) is 5.69 Å². The highest BCUT2D eigenvalue weighted by Crippen LogP contribution is 2.41. The van der Waals surface area contributed by atoms with E-state index in [0.29, 0.717) is 5.56 Å². The van der Waals surface area contributed by atoms with Crippen molar-refractivity contribution in [3.8, 4) is 28.1 Å². The van der Waals surface area contributed by atoms with Gasteiger partial charge in [-0.1, -0.05) is 48.5 Å². The molecule has 0 aliphatic carbocycles. The van der Waals surface area contributed by atoms with Crippen molar-refractivity contribution in [2.75, 3.05) is 6.26 Å². The fourth-order valence-corrected chi connectivity index (χ4v) is 4.37. The van der Waals surface area contributed by atoms with E-state index in [2.05, 4.69) is 5.10 Å². The lowest BCUT2D eigenvalue weighted by Gasteiger charge is -2.12. The predicted octanol–water partition coefficient (Wildman–Crippen LogP) is 7.42. The summed E-state index contributed by atoms with van der Waals surface area (Å²) in [6, 6.07) is 15.0. The second kappa shape index (κ2) is 9.81. The standard InChI is InChI=1S/C25H18F6N2O2S/c1-36(34,35)19-12-8-15(9-13-19)22-20(14-2-4-16(5-3-14)23(26)27)21(25(30)31)32-33(22)18-10-6-17(7-11-18)24(28)29/h2-13,23-25H,1H3. The molecule has 3 aromatic carbocycles. The van der Waals surface area contributed by atoms with Crippen molar-refractivity contribution in [2.45, 2.75) is 24.2 Å². The van der Waals surface area contributed by atoms with E-state index in [1.165, 1.54) is 48.5 Å². The van der Waals surface area contributed by atoms with Gasteiger partial charge >= 0.3 is 0 Å². The van der Waals surface area contributed by atoms with Gasteiger partial charge in [-0.2, -0.15) is 5.10 Å². The number of sulfone groups is 1. The molecule has 0 saturated heterocycles. The largest absolute Gasteiger partial charge is 0.282 e. The van der Waals surface area contributed by atoms with Crippen LogP contribution in [-0.4, -0.2) is 24.5 Å². The number of alkyl halides is 6. The first-order chi connectivity index (χ1) is 17.0. The number of nitrogens with zero attached hydrogens (tertiary/aromatic N) is 2. The van der Waals surface area contributed by atoms with Crippen LogP contribution in [0.3, 0.4) is 0 Å². The van der Waals surface area contributed by atoms with Crippen LogP contribution >= 0.6 is 0 Å². The maximum atomic E-state index is 14.2. The lowest BCUT2D eigenvalue weighted by molar-refractivity contribution is 0.146. The van der Waals surface area contributed by atoms with Gasteiger partial charge in [-0.25, -0.2) is 39.4 Å². The number of benzene rings is 3. The van der Waals surface area contributed by atoms with E-state index in [1.807, 2.05) is 0 Å². The molecule has 4 nitrogen and oxygen atoms in total. The zero-order valence-electron chi connectivity index (χ0n) is 18.5. The van der Waals surface area contributed by atoms with Gasteiger partial charge < -0.3 is 0 Å². The predicted molar refractivity (Wildman–Crippen MR) is 122 cm³/mol. The molecule has 0 saturated carbocycles. The van der Waals surface area contributed by atoms with Crippen LogP contribution in [-0.2, 0) is 9.84 Å². The Hall–Kier alpha value is -3.60. The Bertz CT molecular complexity index is 1460. The van der Waals surface area contributed by atoms with Crippen LogP contribution in [0.2, 0.25) is 0 Å². The molecule has 0 aliphatic heterocycles. The van der Waals surface area contributed by atoms with E-state index in [0.717, 1.165) is 35.2 Å². The highest BCUT2D eigenvalue weighted by molar-refractivity contribution is 7.90. The van der Waals surface area contributed by atoms with Crippen LogP contribution in [0.15, 0.2) is 77.7 Å². The second-order valence-electron chi connectivity index (χ2n) is 7.93. The highest BCUT2D eigenvalue weighted by atomic mass is 32.2. The molecule has 0 N–H and O–H groups in total. The molecular weight excluding hydrogens is 506 g/mol. The van der Waals surface area contributed by atoms with E-state index < -0.39 is 34.8 Å². The summed E-state index contributed by atoms with van der Waals surface area (Å²) in [4.78, 5) is -0.00415. The minimum absolute atomic E-state index is 0.00415. The van der Waals surface area contributed by atoms with E-state index in [4.69, 9.17) is 0 Å². The number of hydrogen-bond donors (Lipinski definition) is 0. The molecule has 4 aromatic rings. The topological polar surface area (TPSA) is 52.0 Å². The first kappa shape index (κ1) is 25.5. The number of halogens is 6. The van der Waals surface area contributed by atoms with Gasteiger partial charge in [-0.3, -0.25) is 0 Å². The lowest BCUT2D eigenvalue weighted by Crippen LogP contribution is -2.01. The maximum absolute atomic E-state index is 14.2. The van der Waals surface area contributed by atoms with E-state index >= 15 is 0 Å². The molecule has 36 heavy (non-hydrogen) atoms. The summed E-state index contributed by atoms with van der Waals surface area (Å²) >= 11 is 0. The van der Waals surface area contributed by atoms with Crippen LogP contribution in [0.5, 0.6) is 0 Å². The smallest absolute Gasteiger partial charge is 0.232 e. The van der Waals surface area contributed by atoms with Crippen molar-refractivity contribution in [1.29, 1.82) is 0 Å². The molecule has 0 amide bonds. The molecule has 0 spiro atoms. The Balaban J connectivity index is 2.00. The Kier molecular flexibility index (Phi) is 6.94. The normalized spacial score (nSPS) is 12.2. The summed E-state index contributed by atoms with van der Waals surface area (Å²) in [7, 11) is -3.54. The summed E-state index contributed by atoms with van der Waals surface area (Å²) < 4.78 is 105. The van der Waals surface area contributed by atoms with Gasteiger partial charge in [0.25, 0.3) is 19.3 Å². The lowest BCUT2D eigenvalue weighted by atomic mass is 9.97. The SMILES string of the molecule is CS(=O)(=O)c1ccc(-c2c(-c3ccc(C(F)F)cc3)c(C(F)F)nn2-c2ccc(C(F)F)cc2)cc1. The van der Waals surface area contributed by atoms with Gasteiger partial charge in [0.2, 0.25) is 0 Å². The quantitative estimate of drug-likeness (QED) is 0.237. The summed E-state index contributed by atoms with van der Waals surface area (Å²) in [6.07, 6.45) is -7.54. The Morgan fingerprint density at radius 1 is 0.667 bits per heavy atom. The summed E-state index contributed by atoms with van der Waals surface area (Å²) in [5.74, 6) is 0. The fourth-order valence-electron chi connectivity index (χ4n) is 3.74. The fraction of sp³-hybridized carbons (Fsp3) is 0.160. The molecule has 0 fully saturated rings. The van der Waals surface area contributed by atoms with Crippen LogP contribution in [0.1, 0.15) is 36.1 Å². The van der Waals surface area contributed by atoms with Crippen LogP contribution in [0.25, 0.3) is 28.1 Å². The molecule has 0 unspecified atom stereocenters. The van der Waals surface area contributed by atoms with E-state index in [1.54, 1.807) is 0 Å². The zero-order valence-corrected chi connectivity index (χ0v) is 19.4. The third-order valence-corrected chi connectivity index (χ3v) is 6.64. The van der Waals surface area contributed by atoms with Crippen molar-refractivity contribution >= 4 is 9.84 Å². The van der Waals surface area contributed by atoms with Crippen molar-refractivity contribution < 1.29 is 34.8 Å². The Morgan fingerprint density at radius 2 is 1.14 bits per heavy atom. The molecule has 188 valence electrons. The van der Waals surface area contributed by atoms with E-state index in [9.17, 15) is 34.8 Å². The first-order valence-corrected chi connectivity index (χ1v) is 12.3. The van der Waals surface area contributed by atoms with Crippen LogP contribution in [0.4, 0.5) is 26.3 Å². The third-order valence-electron chi connectivity index (χ3n) is 5.52. The Morgan fingerprint density at radius 3 is 1.58 bits per heavy atom. The molecule has 0 atom stereocenters. The molecular formula is C25H18F6N2O2S. The zero-order chi connectivity index (χ0) is 26.2. The molecule has 0 bridgehead atoms. The first-order valence-electron chi connectivity index (χ1n) is 10.5. The number of aromatic nitrogens is 2. The average molecular weight is 524 g/mol. The molecule has 4 rings (SSSR count). The van der Waals surface area contributed by atoms with Crippen molar-refractivity contribution in [3.63, 3.8) is 0 Å². The monoisotopic (exact) mass is 524 g/mol. The van der Waals surface area contributed by atoms with Gasteiger partial charge in [0, 0.05) is 28.5 Å². The Labute approximate surface area is 202 Å². The second-order valence-corrected chi connectivity index (χ2v) is 9.95. The number of rotatable bonds is 7. The molecule has 1 aromatic heterocycles. The van der Waals surface area contributed by atoms with Crippen molar-refractivity contribution in [3.05, 3.63) is 89.6 Å².